The van der Waals surface area contributed by atoms with E-state index in [0.29, 0.717) is 19.1 Å². The lowest BCUT2D eigenvalue weighted by atomic mass is 10.0. The highest BCUT2D eigenvalue weighted by Gasteiger charge is 2.48. The van der Waals surface area contributed by atoms with Crippen molar-refractivity contribution in [2.24, 2.45) is 17.8 Å². The van der Waals surface area contributed by atoms with Gasteiger partial charge in [0.15, 0.2) is 0 Å². The van der Waals surface area contributed by atoms with E-state index in [2.05, 4.69) is 0 Å². The number of nitrogens with zero attached hydrogens (tertiary/aromatic N) is 1. The molecule has 2 saturated carbocycles. The van der Waals surface area contributed by atoms with Crippen LogP contribution in [0, 0.1) is 24.7 Å². The Hall–Kier alpha value is -1.51. The topological polar surface area (TPSA) is 29.5 Å². The van der Waals surface area contributed by atoms with Gasteiger partial charge in [0, 0.05) is 13.0 Å². The van der Waals surface area contributed by atoms with E-state index in [-0.39, 0.29) is 5.92 Å². The minimum Gasteiger partial charge on any atom is -0.491 e. The standard InChI is InChI=1S/C17H23NO2/c1-12-5-3-4-6-16(12)20-8-7-18(2)17(19)15-10-13-9-14(13)11-15/h3-6,13-15H,7-11H2,1-2H3. The summed E-state index contributed by atoms with van der Waals surface area (Å²) >= 11 is 0. The Morgan fingerprint density at radius 2 is 1.95 bits per heavy atom. The van der Waals surface area contributed by atoms with Crippen LogP contribution in [0.15, 0.2) is 24.3 Å². The number of aryl methyl sites for hydroxylation is 1. The number of ether oxygens (including phenoxy) is 1. The third kappa shape index (κ3) is 2.82. The fourth-order valence-corrected chi connectivity index (χ4v) is 3.35. The number of rotatable bonds is 5. The zero-order valence-corrected chi connectivity index (χ0v) is 12.3. The van der Waals surface area contributed by atoms with Gasteiger partial charge in [-0.05, 0) is 49.7 Å². The van der Waals surface area contributed by atoms with Gasteiger partial charge in [0.05, 0.1) is 6.54 Å². The Balaban J connectivity index is 1.43. The molecule has 0 heterocycles. The lowest BCUT2D eigenvalue weighted by Gasteiger charge is -2.22. The molecule has 0 N–H and O–H groups in total. The Kier molecular flexibility index (Phi) is 3.68. The predicted molar refractivity (Wildman–Crippen MR) is 78.6 cm³/mol. The van der Waals surface area contributed by atoms with E-state index in [0.717, 1.165) is 36.0 Å². The van der Waals surface area contributed by atoms with E-state index in [1.165, 1.54) is 6.42 Å². The second-order valence-electron chi connectivity index (χ2n) is 6.30. The van der Waals surface area contributed by atoms with E-state index < -0.39 is 0 Å². The van der Waals surface area contributed by atoms with Crippen LogP contribution in [-0.4, -0.2) is 31.0 Å². The average Bonchev–Trinajstić information content (AvgIpc) is 3.06. The van der Waals surface area contributed by atoms with Gasteiger partial charge in [-0.25, -0.2) is 0 Å². The zero-order chi connectivity index (χ0) is 14.1. The van der Waals surface area contributed by atoms with E-state index in [4.69, 9.17) is 4.74 Å². The summed E-state index contributed by atoms with van der Waals surface area (Å²) in [6.45, 7) is 3.26. The molecule has 2 aliphatic rings. The number of benzene rings is 1. The summed E-state index contributed by atoms with van der Waals surface area (Å²) in [5.74, 6) is 3.23. The highest BCUT2D eigenvalue weighted by molar-refractivity contribution is 5.79. The van der Waals surface area contributed by atoms with Crippen molar-refractivity contribution in [3.63, 3.8) is 0 Å². The number of carbonyl (C=O) groups excluding carboxylic acids is 1. The normalized spacial score (nSPS) is 27.0. The first-order valence-electron chi connectivity index (χ1n) is 7.58. The van der Waals surface area contributed by atoms with Gasteiger partial charge in [0.1, 0.15) is 12.4 Å². The summed E-state index contributed by atoms with van der Waals surface area (Å²) < 4.78 is 5.76. The molecule has 0 aliphatic heterocycles. The van der Waals surface area contributed by atoms with E-state index in [1.54, 1.807) is 0 Å². The second-order valence-corrected chi connectivity index (χ2v) is 6.30. The van der Waals surface area contributed by atoms with Crippen LogP contribution in [-0.2, 0) is 4.79 Å². The first-order chi connectivity index (χ1) is 9.65. The third-order valence-corrected chi connectivity index (χ3v) is 4.75. The van der Waals surface area contributed by atoms with Gasteiger partial charge in [-0.1, -0.05) is 18.2 Å². The molecule has 20 heavy (non-hydrogen) atoms. The number of carbonyl (C=O) groups is 1. The predicted octanol–water partition coefficient (Wildman–Crippen LogP) is 2.88. The summed E-state index contributed by atoms with van der Waals surface area (Å²) in [5, 5.41) is 0. The maximum absolute atomic E-state index is 12.3. The molecule has 108 valence electrons. The smallest absolute Gasteiger partial charge is 0.225 e. The first kappa shape index (κ1) is 13.5. The molecular weight excluding hydrogens is 250 g/mol. The van der Waals surface area contributed by atoms with Crippen LogP contribution in [0.4, 0.5) is 0 Å². The maximum atomic E-state index is 12.3. The van der Waals surface area contributed by atoms with Gasteiger partial charge in [0.25, 0.3) is 0 Å². The highest BCUT2D eigenvalue weighted by atomic mass is 16.5. The summed E-state index contributed by atoms with van der Waals surface area (Å²) in [7, 11) is 1.90. The summed E-state index contributed by atoms with van der Waals surface area (Å²) in [6, 6.07) is 7.99. The van der Waals surface area contributed by atoms with Crippen molar-refractivity contribution in [3.8, 4) is 5.75 Å². The van der Waals surface area contributed by atoms with E-state index in [1.807, 2.05) is 43.1 Å². The molecule has 0 saturated heterocycles. The molecule has 0 aromatic heterocycles. The maximum Gasteiger partial charge on any atom is 0.225 e. The highest BCUT2D eigenvalue weighted by Crippen LogP contribution is 2.54. The molecule has 2 fully saturated rings. The average molecular weight is 273 g/mol. The van der Waals surface area contributed by atoms with Gasteiger partial charge >= 0.3 is 0 Å². The molecule has 0 bridgehead atoms. The SMILES string of the molecule is Cc1ccccc1OCCN(C)C(=O)C1CC2CC2C1. The van der Waals surface area contributed by atoms with E-state index in [9.17, 15) is 4.79 Å². The molecule has 1 aromatic carbocycles. The Morgan fingerprint density at radius 1 is 1.25 bits per heavy atom. The quantitative estimate of drug-likeness (QED) is 0.825. The molecule has 3 nitrogen and oxygen atoms in total. The Morgan fingerprint density at radius 3 is 2.65 bits per heavy atom. The first-order valence-corrected chi connectivity index (χ1v) is 7.58. The molecule has 2 aliphatic carbocycles. The van der Waals surface area contributed by atoms with Crippen molar-refractivity contribution < 1.29 is 9.53 Å². The number of hydrogen-bond acceptors (Lipinski definition) is 2. The lowest BCUT2D eigenvalue weighted by Crippen LogP contribution is -2.35. The second kappa shape index (κ2) is 5.47. The van der Waals surface area contributed by atoms with Gasteiger partial charge in [-0.2, -0.15) is 0 Å². The van der Waals surface area contributed by atoms with Crippen LogP contribution in [0.1, 0.15) is 24.8 Å². The monoisotopic (exact) mass is 273 g/mol. The molecule has 1 aromatic rings. The molecule has 0 spiro atoms. The van der Waals surface area contributed by atoms with Crippen molar-refractivity contribution in [1.82, 2.24) is 4.90 Å². The van der Waals surface area contributed by atoms with Gasteiger partial charge in [-0.15, -0.1) is 0 Å². The van der Waals surface area contributed by atoms with Crippen molar-refractivity contribution in [3.05, 3.63) is 29.8 Å². The van der Waals surface area contributed by atoms with Crippen LogP contribution in [0.25, 0.3) is 0 Å². The molecule has 3 heteroatoms. The Bertz CT molecular complexity index is 490. The number of amides is 1. The number of fused-ring (bicyclic) bond motifs is 1. The molecule has 3 rings (SSSR count). The van der Waals surface area contributed by atoms with Crippen molar-refractivity contribution in [1.29, 1.82) is 0 Å². The van der Waals surface area contributed by atoms with Crippen molar-refractivity contribution >= 4 is 5.91 Å². The number of hydrogen-bond donors (Lipinski definition) is 0. The third-order valence-electron chi connectivity index (χ3n) is 4.75. The number of para-hydroxylation sites is 1. The molecule has 0 radical (unpaired) electrons. The largest absolute Gasteiger partial charge is 0.491 e. The minimum atomic E-state index is 0.280. The van der Waals surface area contributed by atoms with E-state index >= 15 is 0 Å². The van der Waals surface area contributed by atoms with Crippen molar-refractivity contribution in [2.75, 3.05) is 20.2 Å². The number of likely N-dealkylation sites (N-methyl/N-ethyl adjacent to an activating group) is 1. The van der Waals surface area contributed by atoms with Gasteiger partial charge in [-0.3, -0.25) is 4.79 Å². The fourth-order valence-electron chi connectivity index (χ4n) is 3.35. The minimum absolute atomic E-state index is 0.280. The van der Waals surface area contributed by atoms with Crippen LogP contribution >= 0.6 is 0 Å². The molecule has 1 amide bonds. The molecular formula is C17H23NO2. The van der Waals surface area contributed by atoms with Gasteiger partial charge < -0.3 is 9.64 Å². The zero-order valence-electron chi connectivity index (χ0n) is 12.3. The van der Waals surface area contributed by atoms with Crippen LogP contribution < -0.4 is 4.74 Å². The fraction of sp³-hybridized carbons (Fsp3) is 0.588. The van der Waals surface area contributed by atoms with Crippen LogP contribution in [0.3, 0.4) is 0 Å². The summed E-state index contributed by atoms with van der Waals surface area (Å²) in [5.41, 5.74) is 1.14. The van der Waals surface area contributed by atoms with Crippen LogP contribution in [0.2, 0.25) is 0 Å². The lowest BCUT2D eigenvalue weighted by molar-refractivity contribution is -0.134. The molecule has 2 unspecified atom stereocenters. The van der Waals surface area contributed by atoms with Crippen molar-refractivity contribution in [2.45, 2.75) is 26.2 Å². The van der Waals surface area contributed by atoms with Crippen LogP contribution in [0.5, 0.6) is 5.75 Å². The Labute approximate surface area is 120 Å². The molecule has 2 atom stereocenters. The van der Waals surface area contributed by atoms with Gasteiger partial charge in [0.2, 0.25) is 5.91 Å². The summed E-state index contributed by atoms with van der Waals surface area (Å²) in [6.07, 6.45) is 3.60. The summed E-state index contributed by atoms with van der Waals surface area (Å²) in [4.78, 5) is 14.1.